The highest BCUT2D eigenvalue weighted by Gasteiger charge is 2.41. The molecule has 2 N–H and O–H groups in total. The largest absolute Gasteiger partial charge is 0.327 e. The van der Waals surface area contributed by atoms with Crippen molar-refractivity contribution in [3.05, 3.63) is 39.7 Å². The zero-order chi connectivity index (χ0) is 10.3. The molecule has 1 fully saturated rings. The minimum atomic E-state index is -0.566. The second kappa shape index (κ2) is 3.02. The third-order valence-corrected chi connectivity index (χ3v) is 2.44. The van der Waals surface area contributed by atoms with E-state index in [0.29, 0.717) is 6.42 Å². The number of hydrogen-bond donors (Lipinski definition) is 1. The molecule has 4 nitrogen and oxygen atoms in total. The molecule has 0 radical (unpaired) electrons. The molecule has 0 saturated heterocycles. The first kappa shape index (κ1) is 9.08. The zero-order valence-electron chi connectivity index (χ0n) is 7.31. The van der Waals surface area contributed by atoms with Gasteiger partial charge in [-0.05, 0) is 12.5 Å². The van der Waals surface area contributed by atoms with Gasteiger partial charge in [-0.1, -0.05) is 6.07 Å². The van der Waals surface area contributed by atoms with Crippen molar-refractivity contribution < 1.29 is 9.31 Å². The van der Waals surface area contributed by atoms with Gasteiger partial charge in [-0.2, -0.15) is 0 Å². The number of rotatable bonds is 2. The number of hydrogen-bond acceptors (Lipinski definition) is 3. The summed E-state index contributed by atoms with van der Waals surface area (Å²) in [6.45, 7) is 0. The van der Waals surface area contributed by atoms with Crippen LogP contribution in [0.5, 0.6) is 0 Å². The Balaban J connectivity index is 2.49. The van der Waals surface area contributed by atoms with Gasteiger partial charge in [0.05, 0.1) is 10.5 Å². The Kier molecular flexibility index (Phi) is 1.96. The number of halogens is 1. The lowest BCUT2D eigenvalue weighted by Gasteiger charge is -2.01. The molecule has 1 aromatic rings. The number of nitrogens with zero attached hydrogens (tertiary/aromatic N) is 1. The van der Waals surface area contributed by atoms with Crippen molar-refractivity contribution in [3.63, 3.8) is 0 Å². The lowest BCUT2D eigenvalue weighted by atomic mass is 10.1. The first-order valence-electron chi connectivity index (χ1n) is 4.29. The van der Waals surface area contributed by atoms with Gasteiger partial charge in [0.15, 0.2) is 0 Å². The molecule has 5 heteroatoms. The molecule has 0 aliphatic heterocycles. The van der Waals surface area contributed by atoms with Crippen LogP contribution in [0.25, 0.3) is 0 Å². The third kappa shape index (κ3) is 1.35. The number of nitro groups is 1. The van der Waals surface area contributed by atoms with Gasteiger partial charge in [0.25, 0.3) is 5.69 Å². The van der Waals surface area contributed by atoms with E-state index in [2.05, 4.69) is 0 Å². The lowest BCUT2D eigenvalue weighted by Crippen LogP contribution is -2.04. The second-order valence-corrected chi connectivity index (χ2v) is 3.44. The predicted molar refractivity (Wildman–Crippen MR) is 48.4 cm³/mol. The van der Waals surface area contributed by atoms with Gasteiger partial charge in [-0.3, -0.25) is 10.1 Å². The topological polar surface area (TPSA) is 69.2 Å². The van der Waals surface area contributed by atoms with Crippen LogP contribution < -0.4 is 5.73 Å². The first-order valence-corrected chi connectivity index (χ1v) is 4.29. The number of nitrogens with two attached hydrogens (primary N) is 1. The van der Waals surface area contributed by atoms with Crippen LogP contribution in [0.2, 0.25) is 0 Å². The summed E-state index contributed by atoms with van der Waals surface area (Å²) in [7, 11) is 0. The summed E-state index contributed by atoms with van der Waals surface area (Å²) in [5.74, 6) is -0.714. The van der Waals surface area contributed by atoms with Gasteiger partial charge < -0.3 is 5.73 Å². The molecule has 0 bridgehead atoms. The van der Waals surface area contributed by atoms with Crippen molar-refractivity contribution in [2.45, 2.75) is 18.4 Å². The van der Waals surface area contributed by atoms with Crippen molar-refractivity contribution in [1.29, 1.82) is 0 Å². The monoisotopic (exact) mass is 196 g/mol. The fourth-order valence-electron chi connectivity index (χ4n) is 1.60. The average Bonchev–Trinajstić information content (AvgIpc) is 2.81. The van der Waals surface area contributed by atoms with E-state index in [1.165, 1.54) is 18.2 Å². The van der Waals surface area contributed by atoms with E-state index in [0.717, 1.165) is 0 Å². The molecule has 1 saturated carbocycles. The quantitative estimate of drug-likeness (QED) is 0.576. The maximum Gasteiger partial charge on any atom is 0.275 e. The Morgan fingerprint density at radius 2 is 2.21 bits per heavy atom. The molecule has 2 rings (SSSR count). The highest BCUT2D eigenvalue weighted by atomic mass is 19.1. The molecule has 2 atom stereocenters. The van der Waals surface area contributed by atoms with E-state index < -0.39 is 10.7 Å². The van der Waals surface area contributed by atoms with Crippen LogP contribution in [0, 0.1) is 15.9 Å². The minimum Gasteiger partial charge on any atom is -0.327 e. The summed E-state index contributed by atoms with van der Waals surface area (Å²) in [4.78, 5) is 10.0. The minimum absolute atomic E-state index is 0.134. The predicted octanol–water partition coefficient (Wildman–Crippen LogP) is 1.55. The Bertz CT molecular complexity index is 394. The van der Waals surface area contributed by atoms with Crippen LogP contribution in [-0.4, -0.2) is 11.0 Å². The van der Waals surface area contributed by atoms with Crippen LogP contribution in [0.1, 0.15) is 17.9 Å². The molecule has 0 aromatic heterocycles. The van der Waals surface area contributed by atoms with E-state index in [9.17, 15) is 14.5 Å². The smallest absolute Gasteiger partial charge is 0.275 e. The second-order valence-electron chi connectivity index (χ2n) is 3.44. The van der Waals surface area contributed by atoms with Crippen molar-refractivity contribution in [2.24, 2.45) is 5.73 Å². The number of benzene rings is 1. The Labute approximate surface area is 79.7 Å². The average molecular weight is 196 g/mol. The van der Waals surface area contributed by atoms with Gasteiger partial charge in [-0.25, -0.2) is 4.39 Å². The van der Waals surface area contributed by atoms with Crippen molar-refractivity contribution in [1.82, 2.24) is 0 Å². The molecule has 2 unspecified atom stereocenters. The molecule has 0 heterocycles. The molecule has 1 aliphatic carbocycles. The molecule has 0 amide bonds. The van der Waals surface area contributed by atoms with Crippen molar-refractivity contribution >= 4 is 5.69 Å². The molecule has 14 heavy (non-hydrogen) atoms. The molecule has 0 spiro atoms. The van der Waals surface area contributed by atoms with E-state index >= 15 is 0 Å². The maximum absolute atomic E-state index is 13.3. The summed E-state index contributed by atoms with van der Waals surface area (Å²) >= 11 is 0. The van der Waals surface area contributed by atoms with Crippen LogP contribution in [0.3, 0.4) is 0 Å². The van der Waals surface area contributed by atoms with E-state index in [4.69, 9.17) is 5.73 Å². The fraction of sp³-hybridized carbons (Fsp3) is 0.333. The van der Waals surface area contributed by atoms with Gasteiger partial charge in [0, 0.05) is 18.0 Å². The molecule has 1 aromatic carbocycles. The molecule has 74 valence electrons. The summed E-state index contributed by atoms with van der Waals surface area (Å²) in [5, 5.41) is 10.6. The normalized spacial score (nSPS) is 24.7. The highest BCUT2D eigenvalue weighted by molar-refractivity contribution is 5.46. The zero-order valence-corrected chi connectivity index (χ0v) is 7.31. The Morgan fingerprint density at radius 1 is 1.57 bits per heavy atom. The summed E-state index contributed by atoms with van der Waals surface area (Å²) < 4.78 is 13.3. The molecular formula is C9H9FN2O2. The van der Waals surface area contributed by atoms with Gasteiger partial charge >= 0.3 is 0 Å². The van der Waals surface area contributed by atoms with Crippen LogP contribution in [0.15, 0.2) is 18.2 Å². The Morgan fingerprint density at radius 3 is 2.71 bits per heavy atom. The summed E-state index contributed by atoms with van der Waals surface area (Å²) in [6.07, 6.45) is 0.627. The standard InChI is InChI=1S/C9H9FN2O2/c10-6-2-1-3-8(12(13)14)9(6)5-4-7(5)11/h1-3,5,7H,4,11H2. The lowest BCUT2D eigenvalue weighted by molar-refractivity contribution is -0.385. The van der Waals surface area contributed by atoms with Crippen LogP contribution >= 0.6 is 0 Å². The maximum atomic E-state index is 13.3. The van der Waals surface area contributed by atoms with Crippen LogP contribution in [0.4, 0.5) is 10.1 Å². The SMILES string of the molecule is NC1CC1c1c(F)cccc1[N+](=O)[O-]. The Hall–Kier alpha value is -1.49. The third-order valence-electron chi connectivity index (χ3n) is 2.44. The molecule has 1 aliphatic rings. The van der Waals surface area contributed by atoms with Crippen molar-refractivity contribution in [3.8, 4) is 0 Å². The van der Waals surface area contributed by atoms with Gasteiger partial charge in [0.2, 0.25) is 0 Å². The fourth-order valence-corrected chi connectivity index (χ4v) is 1.60. The van der Waals surface area contributed by atoms with Gasteiger partial charge in [0.1, 0.15) is 5.82 Å². The van der Waals surface area contributed by atoms with Crippen molar-refractivity contribution in [2.75, 3.05) is 0 Å². The van der Waals surface area contributed by atoms with Gasteiger partial charge in [-0.15, -0.1) is 0 Å². The number of nitro benzene ring substituents is 1. The van der Waals surface area contributed by atoms with E-state index in [1.54, 1.807) is 0 Å². The van der Waals surface area contributed by atoms with Crippen LogP contribution in [-0.2, 0) is 0 Å². The highest BCUT2D eigenvalue weighted by Crippen LogP contribution is 2.44. The first-order chi connectivity index (χ1) is 6.61. The summed E-state index contributed by atoms with van der Waals surface area (Å²) in [5.41, 5.74) is 5.54. The van der Waals surface area contributed by atoms with E-state index in [1.807, 2.05) is 0 Å². The summed E-state index contributed by atoms with van der Waals surface area (Å²) in [6, 6.07) is 3.74. The molecular weight excluding hydrogens is 187 g/mol. The van der Waals surface area contributed by atoms with E-state index in [-0.39, 0.29) is 23.2 Å².